The van der Waals surface area contributed by atoms with Crippen LogP contribution in [-0.4, -0.2) is 21.8 Å². The second-order valence-corrected chi connectivity index (χ2v) is 6.72. The highest BCUT2D eigenvalue weighted by Crippen LogP contribution is 2.27. The molecule has 0 aliphatic heterocycles. The summed E-state index contributed by atoms with van der Waals surface area (Å²) in [5.74, 6) is 1.10. The van der Waals surface area contributed by atoms with Crippen molar-refractivity contribution in [3.63, 3.8) is 0 Å². The normalized spacial score (nSPS) is 10.6. The zero-order chi connectivity index (χ0) is 17.6. The zero-order valence-corrected chi connectivity index (χ0v) is 15.6. The summed E-state index contributed by atoms with van der Waals surface area (Å²) in [5, 5.41) is 7.00. The van der Waals surface area contributed by atoms with Gasteiger partial charge >= 0.3 is 0 Å². The number of anilines is 3. The first kappa shape index (κ1) is 17.6. The first-order valence-electron chi connectivity index (χ1n) is 7.79. The maximum absolute atomic E-state index is 11.9. The number of rotatable bonds is 6. The van der Waals surface area contributed by atoms with Crippen molar-refractivity contribution in [2.24, 2.45) is 0 Å². The van der Waals surface area contributed by atoms with Crippen LogP contribution in [0.1, 0.15) is 12.8 Å². The van der Waals surface area contributed by atoms with Gasteiger partial charge in [0, 0.05) is 33.5 Å². The Labute approximate surface area is 159 Å². The molecule has 0 spiro atoms. The molecule has 1 amide bonds. The van der Waals surface area contributed by atoms with E-state index in [4.69, 9.17) is 11.6 Å². The molecule has 0 radical (unpaired) electrons. The van der Waals surface area contributed by atoms with Crippen molar-refractivity contribution in [2.75, 3.05) is 16.5 Å². The summed E-state index contributed by atoms with van der Waals surface area (Å²) in [6.45, 7) is 0. The molecule has 0 unspecified atom stereocenters. The number of nitrogens with one attached hydrogen (secondary N) is 2. The molecule has 0 saturated carbocycles. The molecule has 0 aliphatic carbocycles. The smallest absolute Gasteiger partial charge is 0.224 e. The lowest BCUT2D eigenvalue weighted by atomic mass is 10.2. The molecule has 3 aromatic rings. The lowest BCUT2D eigenvalue weighted by Crippen LogP contribution is -2.11. The van der Waals surface area contributed by atoms with Crippen molar-refractivity contribution >= 4 is 61.5 Å². The van der Waals surface area contributed by atoms with Gasteiger partial charge in [0.15, 0.2) is 0 Å². The number of aromatic nitrogens is 2. The van der Waals surface area contributed by atoms with Gasteiger partial charge in [-0.2, -0.15) is 0 Å². The van der Waals surface area contributed by atoms with Crippen molar-refractivity contribution in [3.05, 3.63) is 53.3 Å². The Kier molecular flexibility index (Phi) is 5.83. The maximum atomic E-state index is 11.9. The Morgan fingerprint density at radius 1 is 1.12 bits per heavy atom. The third-order valence-electron chi connectivity index (χ3n) is 3.54. The van der Waals surface area contributed by atoms with Crippen LogP contribution >= 0.6 is 27.5 Å². The van der Waals surface area contributed by atoms with Gasteiger partial charge < -0.3 is 10.6 Å². The minimum absolute atomic E-state index is 0.0571. The van der Waals surface area contributed by atoms with Crippen LogP contribution in [0.25, 0.3) is 10.9 Å². The van der Waals surface area contributed by atoms with Gasteiger partial charge in [0.1, 0.15) is 12.1 Å². The zero-order valence-electron chi connectivity index (χ0n) is 13.3. The highest BCUT2D eigenvalue weighted by atomic mass is 79.9. The number of fused-ring (bicyclic) bond motifs is 1. The van der Waals surface area contributed by atoms with Crippen LogP contribution in [0.2, 0.25) is 0 Å². The quantitative estimate of drug-likeness (QED) is 0.546. The molecule has 0 bridgehead atoms. The topological polar surface area (TPSA) is 66.9 Å². The number of nitrogens with zero attached hydrogens (tertiary/aromatic N) is 2. The van der Waals surface area contributed by atoms with Gasteiger partial charge in [-0.05, 0) is 42.8 Å². The summed E-state index contributed by atoms with van der Waals surface area (Å²) in [7, 11) is 0. The van der Waals surface area contributed by atoms with E-state index in [-0.39, 0.29) is 5.91 Å². The van der Waals surface area contributed by atoms with Crippen molar-refractivity contribution in [1.29, 1.82) is 0 Å². The van der Waals surface area contributed by atoms with Crippen LogP contribution in [0.5, 0.6) is 0 Å². The Hall–Kier alpha value is -2.18. The van der Waals surface area contributed by atoms with Crippen molar-refractivity contribution in [1.82, 2.24) is 9.97 Å². The molecule has 0 fully saturated rings. The third kappa shape index (κ3) is 4.67. The van der Waals surface area contributed by atoms with Gasteiger partial charge in [0.25, 0.3) is 0 Å². The summed E-state index contributed by atoms with van der Waals surface area (Å²) in [6.07, 6.45) is 2.57. The van der Waals surface area contributed by atoms with E-state index in [1.54, 1.807) is 0 Å². The van der Waals surface area contributed by atoms with Crippen LogP contribution in [-0.2, 0) is 4.79 Å². The monoisotopic (exact) mass is 418 g/mol. The molecule has 7 heteroatoms. The van der Waals surface area contributed by atoms with E-state index in [0.717, 1.165) is 21.1 Å². The largest absolute Gasteiger partial charge is 0.340 e. The summed E-state index contributed by atoms with van der Waals surface area (Å²) in [4.78, 5) is 20.5. The molecule has 25 heavy (non-hydrogen) atoms. The standard InChI is InChI=1S/C18H16BrClN4O/c19-12-3-1-4-13(9-12)24-18-15-10-14(23-17(25)5-2-8-20)6-7-16(15)21-11-22-18/h1,3-4,6-7,9-11H,2,5,8H2,(H,23,25)(H,21,22,24). The van der Waals surface area contributed by atoms with Gasteiger partial charge in [-0.25, -0.2) is 9.97 Å². The second-order valence-electron chi connectivity index (χ2n) is 5.43. The van der Waals surface area contributed by atoms with E-state index in [9.17, 15) is 4.79 Å². The molecule has 2 N–H and O–H groups in total. The highest BCUT2D eigenvalue weighted by Gasteiger charge is 2.08. The number of benzene rings is 2. The molecule has 5 nitrogen and oxygen atoms in total. The van der Waals surface area contributed by atoms with Crippen LogP contribution < -0.4 is 10.6 Å². The Morgan fingerprint density at radius 3 is 2.80 bits per heavy atom. The molecule has 1 aromatic heterocycles. The average Bonchev–Trinajstić information content (AvgIpc) is 2.60. The molecular weight excluding hydrogens is 404 g/mol. The Bertz CT molecular complexity index is 903. The summed E-state index contributed by atoms with van der Waals surface area (Å²) in [6, 6.07) is 13.4. The van der Waals surface area contributed by atoms with Gasteiger partial charge in [-0.3, -0.25) is 4.79 Å². The molecular formula is C18H16BrClN4O. The minimum atomic E-state index is -0.0571. The third-order valence-corrected chi connectivity index (χ3v) is 4.30. The SMILES string of the molecule is O=C(CCCCl)Nc1ccc2ncnc(Nc3cccc(Br)c3)c2c1. The van der Waals surface area contributed by atoms with E-state index in [1.165, 1.54) is 6.33 Å². The van der Waals surface area contributed by atoms with Gasteiger partial charge in [0.2, 0.25) is 5.91 Å². The second kappa shape index (κ2) is 8.27. The first-order chi connectivity index (χ1) is 12.2. The first-order valence-corrected chi connectivity index (χ1v) is 9.11. The summed E-state index contributed by atoms with van der Waals surface area (Å²) >= 11 is 9.08. The Balaban J connectivity index is 1.88. The molecule has 128 valence electrons. The number of carbonyl (C=O) groups is 1. The Morgan fingerprint density at radius 2 is 2.00 bits per heavy atom. The fourth-order valence-corrected chi connectivity index (χ4v) is 2.92. The van der Waals surface area contributed by atoms with Crippen LogP contribution in [0.4, 0.5) is 17.2 Å². The minimum Gasteiger partial charge on any atom is -0.340 e. The number of amides is 1. The van der Waals surface area contributed by atoms with E-state index in [2.05, 4.69) is 36.5 Å². The predicted molar refractivity (Wildman–Crippen MR) is 106 cm³/mol. The molecule has 3 rings (SSSR count). The highest BCUT2D eigenvalue weighted by molar-refractivity contribution is 9.10. The van der Waals surface area contributed by atoms with E-state index >= 15 is 0 Å². The molecule has 2 aromatic carbocycles. The fourth-order valence-electron chi connectivity index (χ4n) is 2.39. The van der Waals surface area contributed by atoms with Crippen LogP contribution in [0.15, 0.2) is 53.3 Å². The number of halogens is 2. The number of alkyl halides is 1. The van der Waals surface area contributed by atoms with Gasteiger partial charge in [-0.15, -0.1) is 11.6 Å². The maximum Gasteiger partial charge on any atom is 0.224 e. The van der Waals surface area contributed by atoms with Crippen LogP contribution in [0, 0.1) is 0 Å². The van der Waals surface area contributed by atoms with Gasteiger partial charge in [-0.1, -0.05) is 22.0 Å². The van der Waals surface area contributed by atoms with Crippen molar-refractivity contribution < 1.29 is 4.79 Å². The predicted octanol–water partition coefficient (Wildman–Crippen LogP) is 5.09. The molecule has 0 saturated heterocycles. The van der Waals surface area contributed by atoms with Crippen molar-refractivity contribution in [3.8, 4) is 0 Å². The van der Waals surface area contributed by atoms with E-state index < -0.39 is 0 Å². The lowest BCUT2D eigenvalue weighted by Gasteiger charge is -2.10. The van der Waals surface area contributed by atoms with Gasteiger partial charge in [0.05, 0.1) is 5.52 Å². The van der Waals surface area contributed by atoms with Crippen LogP contribution in [0.3, 0.4) is 0 Å². The number of hydrogen-bond acceptors (Lipinski definition) is 4. The summed E-state index contributed by atoms with van der Waals surface area (Å²) in [5.41, 5.74) is 2.41. The van der Waals surface area contributed by atoms with Crippen molar-refractivity contribution in [2.45, 2.75) is 12.8 Å². The van der Waals surface area contributed by atoms with E-state index in [1.807, 2.05) is 42.5 Å². The fraction of sp³-hybridized carbons (Fsp3) is 0.167. The number of carbonyl (C=O) groups excluding carboxylic acids is 1. The van der Waals surface area contributed by atoms with E-state index in [0.29, 0.717) is 30.2 Å². The molecule has 0 atom stereocenters. The molecule has 0 aliphatic rings. The lowest BCUT2D eigenvalue weighted by molar-refractivity contribution is -0.116. The average molecular weight is 420 g/mol. The number of hydrogen-bond donors (Lipinski definition) is 2. The summed E-state index contributed by atoms with van der Waals surface area (Å²) < 4.78 is 0.975. The molecule has 1 heterocycles.